The van der Waals surface area contributed by atoms with Crippen LogP contribution in [0.5, 0.6) is 5.75 Å². The smallest absolute Gasteiger partial charge is 0.344 e. The minimum atomic E-state index is -0.584. The molecule has 2 aromatic carbocycles. The second kappa shape index (κ2) is 10.6. The highest BCUT2D eigenvalue weighted by Crippen LogP contribution is 2.19. The first kappa shape index (κ1) is 21.6. The fourth-order valence-electron chi connectivity index (χ4n) is 2.87. The zero-order valence-corrected chi connectivity index (χ0v) is 17.2. The normalized spacial score (nSPS) is 10.2. The maximum atomic E-state index is 11.5. The molecule has 3 rings (SSSR count). The number of urea groups is 1. The molecule has 0 atom stereocenters. The number of carbonyl (C=O) groups excluding carboxylic acids is 1. The largest absolute Gasteiger partial charge is 0.497 e. The van der Waals surface area contributed by atoms with Crippen molar-refractivity contribution in [2.24, 2.45) is 16.5 Å². The molecule has 31 heavy (non-hydrogen) atoms. The van der Waals surface area contributed by atoms with Crippen LogP contribution in [0.1, 0.15) is 11.1 Å². The molecule has 0 aliphatic heterocycles. The third kappa shape index (κ3) is 6.70. The molecule has 9 nitrogen and oxygen atoms in total. The van der Waals surface area contributed by atoms with Crippen LogP contribution >= 0.6 is 0 Å². The lowest BCUT2D eigenvalue weighted by atomic mass is 10.1. The molecular weight excluding hydrogens is 394 g/mol. The van der Waals surface area contributed by atoms with Gasteiger partial charge in [-0.15, -0.1) is 0 Å². The fourth-order valence-corrected chi connectivity index (χ4v) is 2.87. The number of ether oxygens (including phenoxy) is 1. The molecule has 0 spiro atoms. The van der Waals surface area contributed by atoms with E-state index in [0.717, 1.165) is 35.4 Å². The van der Waals surface area contributed by atoms with Crippen LogP contribution in [0.2, 0.25) is 0 Å². The van der Waals surface area contributed by atoms with E-state index < -0.39 is 6.03 Å². The van der Waals surface area contributed by atoms with Gasteiger partial charge in [0.15, 0.2) is 5.96 Å². The molecule has 0 fully saturated rings. The maximum Gasteiger partial charge on any atom is 0.344 e. The molecule has 2 amide bonds. The van der Waals surface area contributed by atoms with Crippen molar-refractivity contribution in [2.75, 3.05) is 19.0 Å². The molecule has 0 saturated carbocycles. The minimum absolute atomic E-state index is 0.277. The van der Waals surface area contributed by atoms with Gasteiger partial charge >= 0.3 is 6.03 Å². The van der Waals surface area contributed by atoms with Gasteiger partial charge in [0, 0.05) is 31.0 Å². The monoisotopic (exact) mass is 419 g/mol. The summed E-state index contributed by atoms with van der Waals surface area (Å²) in [6, 6.07) is 15.1. The highest BCUT2D eigenvalue weighted by Gasteiger charge is 2.04. The summed E-state index contributed by atoms with van der Waals surface area (Å²) < 4.78 is 5.17. The van der Waals surface area contributed by atoms with Crippen LogP contribution < -0.4 is 26.8 Å². The van der Waals surface area contributed by atoms with Gasteiger partial charge in [0.2, 0.25) is 5.95 Å². The van der Waals surface area contributed by atoms with Crippen LogP contribution in [-0.4, -0.2) is 35.6 Å². The van der Waals surface area contributed by atoms with Gasteiger partial charge in [-0.3, -0.25) is 0 Å². The van der Waals surface area contributed by atoms with Gasteiger partial charge < -0.3 is 26.8 Å². The van der Waals surface area contributed by atoms with Crippen molar-refractivity contribution in [1.82, 2.24) is 15.3 Å². The number of benzene rings is 2. The van der Waals surface area contributed by atoms with Crippen LogP contribution in [-0.2, 0) is 13.0 Å². The van der Waals surface area contributed by atoms with E-state index in [4.69, 9.17) is 16.2 Å². The lowest BCUT2D eigenvalue weighted by Crippen LogP contribution is -2.28. The summed E-state index contributed by atoms with van der Waals surface area (Å²) >= 11 is 0. The van der Waals surface area contributed by atoms with E-state index in [2.05, 4.69) is 25.6 Å². The van der Waals surface area contributed by atoms with E-state index in [0.29, 0.717) is 12.5 Å². The summed E-state index contributed by atoms with van der Waals surface area (Å²) in [5.74, 6) is 1.13. The van der Waals surface area contributed by atoms with Crippen molar-refractivity contribution in [2.45, 2.75) is 13.0 Å². The van der Waals surface area contributed by atoms with Crippen LogP contribution in [0.4, 0.5) is 10.7 Å². The predicted octanol–water partition coefficient (Wildman–Crippen LogP) is 2.29. The molecule has 1 aromatic heterocycles. The lowest BCUT2D eigenvalue weighted by molar-refractivity contribution is 0.249. The molecule has 0 unspecified atom stereocenters. The molecule has 0 bridgehead atoms. The first-order valence-electron chi connectivity index (χ1n) is 9.69. The van der Waals surface area contributed by atoms with Crippen LogP contribution in [0.3, 0.4) is 0 Å². The zero-order chi connectivity index (χ0) is 22.1. The number of methoxy groups -OCH3 is 1. The molecule has 6 N–H and O–H groups in total. The molecule has 1 heterocycles. The topological polar surface area (TPSA) is 141 Å². The van der Waals surface area contributed by atoms with E-state index in [-0.39, 0.29) is 5.96 Å². The van der Waals surface area contributed by atoms with Crippen LogP contribution in [0.25, 0.3) is 11.1 Å². The third-order valence-corrected chi connectivity index (χ3v) is 4.44. The van der Waals surface area contributed by atoms with Crippen molar-refractivity contribution in [3.8, 4) is 16.9 Å². The molecule has 0 aliphatic carbocycles. The van der Waals surface area contributed by atoms with Crippen molar-refractivity contribution in [3.63, 3.8) is 0 Å². The Balaban J connectivity index is 1.54. The minimum Gasteiger partial charge on any atom is -0.497 e. The summed E-state index contributed by atoms with van der Waals surface area (Å²) in [6.07, 6.45) is 4.38. The van der Waals surface area contributed by atoms with Crippen molar-refractivity contribution in [1.29, 1.82) is 0 Å². The Labute approximate surface area is 180 Å². The summed E-state index contributed by atoms with van der Waals surface area (Å²) in [4.78, 5) is 23.7. The Morgan fingerprint density at radius 3 is 2.45 bits per heavy atom. The molecule has 0 saturated heterocycles. The average Bonchev–Trinajstić information content (AvgIpc) is 2.78. The first-order valence-corrected chi connectivity index (χ1v) is 9.69. The lowest BCUT2D eigenvalue weighted by Gasteiger charge is -2.08. The standard InChI is InChI=1S/C22H25N7O2/c1-31-19-7-5-15(6-8-19)9-10-25-21-26-13-18(14-27-21)17-4-2-3-16(11-17)12-28-22(30)29-20(23)24/h2-8,11,13-14H,9-10,12H2,1H3,(H,25,26,27)(H5,23,24,28,29,30). The van der Waals surface area contributed by atoms with E-state index >= 15 is 0 Å². The van der Waals surface area contributed by atoms with E-state index in [1.165, 1.54) is 5.56 Å². The summed E-state index contributed by atoms with van der Waals surface area (Å²) in [5, 5.41) is 5.85. The Kier molecular flexibility index (Phi) is 7.36. The summed E-state index contributed by atoms with van der Waals surface area (Å²) in [6.45, 7) is 1.02. The first-order chi connectivity index (χ1) is 15.0. The maximum absolute atomic E-state index is 11.5. The molecular formula is C22H25N7O2. The number of nitrogens with two attached hydrogens (primary N) is 2. The Morgan fingerprint density at radius 1 is 1.03 bits per heavy atom. The van der Waals surface area contributed by atoms with Crippen molar-refractivity contribution >= 4 is 17.9 Å². The zero-order valence-electron chi connectivity index (χ0n) is 17.2. The second-order valence-electron chi connectivity index (χ2n) is 6.72. The predicted molar refractivity (Wildman–Crippen MR) is 121 cm³/mol. The number of hydrogen-bond donors (Lipinski definition) is 4. The van der Waals surface area contributed by atoms with Gasteiger partial charge in [0.1, 0.15) is 5.75 Å². The number of rotatable bonds is 8. The summed E-state index contributed by atoms with van der Waals surface area (Å²) in [5.41, 5.74) is 14.3. The number of aliphatic imine (C=N–C) groups is 1. The third-order valence-electron chi connectivity index (χ3n) is 4.44. The molecule has 9 heteroatoms. The van der Waals surface area contributed by atoms with E-state index in [1.807, 2.05) is 48.5 Å². The van der Waals surface area contributed by atoms with Gasteiger partial charge in [-0.25, -0.2) is 14.8 Å². The van der Waals surface area contributed by atoms with Gasteiger partial charge in [-0.2, -0.15) is 4.99 Å². The van der Waals surface area contributed by atoms with Gasteiger partial charge in [-0.1, -0.05) is 30.3 Å². The number of amides is 2. The molecule has 0 radical (unpaired) electrons. The van der Waals surface area contributed by atoms with Crippen molar-refractivity contribution in [3.05, 3.63) is 72.1 Å². The molecule has 3 aromatic rings. The Morgan fingerprint density at radius 2 is 1.77 bits per heavy atom. The number of hydrogen-bond acceptors (Lipinski definition) is 5. The van der Waals surface area contributed by atoms with E-state index in [1.54, 1.807) is 19.5 Å². The number of nitrogens with zero attached hydrogens (tertiary/aromatic N) is 3. The quantitative estimate of drug-likeness (QED) is 0.324. The van der Waals surface area contributed by atoms with Crippen molar-refractivity contribution < 1.29 is 9.53 Å². The fraction of sp³-hybridized carbons (Fsp3) is 0.182. The Hall–Kier alpha value is -4.14. The van der Waals surface area contributed by atoms with Crippen LogP contribution in [0.15, 0.2) is 65.9 Å². The van der Waals surface area contributed by atoms with Gasteiger partial charge in [-0.05, 0) is 41.3 Å². The number of aromatic nitrogens is 2. The SMILES string of the molecule is COc1ccc(CCNc2ncc(-c3cccc(CNC(=O)N=C(N)N)c3)cn2)cc1. The highest BCUT2D eigenvalue weighted by atomic mass is 16.5. The highest BCUT2D eigenvalue weighted by molar-refractivity contribution is 5.90. The van der Waals surface area contributed by atoms with Gasteiger partial charge in [0.25, 0.3) is 0 Å². The Bertz CT molecular complexity index is 1030. The van der Waals surface area contributed by atoms with Gasteiger partial charge in [0.05, 0.1) is 7.11 Å². The molecule has 160 valence electrons. The second-order valence-corrected chi connectivity index (χ2v) is 6.72. The van der Waals surface area contributed by atoms with E-state index in [9.17, 15) is 4.79 Å². The number of carbonyl (C=O) groups is 1. The number of nitrogens with one attached hydrogen (secondary N) is 2. The summed E-state index contributed by atoms with van der Waals surface area (Å²) in [7, 11) is 1.65. The molecule has 0 aliphatic rings. The number of anilines is 1. The average molecular weight is 419 g/mol. The van der Waals surface area contributed by atoms with Crippen LogP contribution in [0, 0.1) is 0 Å². The number of guanidine groups is 1.